The second kappa shape index (κ2) is 7.93. The number of hydrogen-bond donors (Lipinski definition) is 1. The first-order chi connectivity index (χ1) is 9.02. The maximum atomic E-state index is 5.49. The summed E-state index contributed by atoms with van der Waals surface area (Å²) < 4.78 is 5.49. The largest absolute Gasteiger partial charge is 0.379 e. The molecule has 0 spiro atoms. The molecule has 1 atom stereocenters. The molecule has 0 fully saturated rings. The number of ether oxygens (including phenoxy) is 1. The highest BCUT2D eigenvalue weighted by molar-refractivity contribution is 7.99. The van der Waals surface area contributed by atoms with Crippen molar-refractivity contribution in [2.45, 2.75) is 50.2 Å². The van der Waals surface area contributed by atoms with E-state index in [1.54, 1.807) is 7.11 Å². The average molecular weight is 281 g/mol. The van der Waals surface area contributed by atoms with Crippen LogP contribution in [0.2, 0.25) is 0 Å². The van der Waals surface area contributed by atoms with Crippen molar-refractivity contribution >= 4 is 11.8 Å². The first-order valence-electron chi connectivity index (χ1n) is 6.97. The summed E-state index contributed by atoms with van der Waals surface area (Å²) in [7, 11) is 3.81. The number of methoxy groups -OCH3 is 1. The van der Waals surface area contributed by atoms with Crippen molar-refractivity contribution in [3.63, 3.8) is 0 Å². The monoisotopic (exact) mass is 281 g/mol. The molecular weight excluding hydrogens is 254 g/mol. The fourth-order valence-electron chi connectivity index (χ4n) is 2.03. The number of rotatable bonds is 8. The van der Waals surface area contributed by atoms with E-state index in [-0.39, 0.29) is 5.60 Å². The molecule has 19 heavy (non-hydrogen) atoms. The molecule has 1 aromatic rings. The highest BCUT2D eigenvalue weighted by atomic mass is 32.2. The van der Waals surface area contributed by atoms with Gasteiger partial charge >= 0.3 is 0 Å². The summed E-state index contributed by atoms with van der Waals surface area (Å²) in [6, 6.07) is 9.30. The van der Waals surface area contributed by atoms with E-state index in [1.807, 2.05) is 18.8 Å². The standard InChI is InChI=1S/C16H27NOS/c1-6-19-14-9-7-13(8-10-14)15(17-4)11-12-16(2,3)18-5/h7-10,15,17H,6,11-12H2,1-5H3. The topological polar surface area (TPSA) is 21.3 Å². The summed E-state index contributed by atoms with van der Waals surface area (Å²) in [6.07, 6.45) is 2.12. The zero-order chi connectivity index (χ0) is 14.3. The van der Waals surface area contributed by atoms with Gasteiger partial charge in [-0.15, -0.1) is 11.8 Å². The molecule has 3 heteroatoms. The van der Waals surface area contributed by atoms with Gasteiger partial charge in [0.15, 0.2) is 0 Å². The Morgan fingerprint density at radius 2 is 1.89 bits per heavy atom. The van der Waals surface area contributed by atoms with Crippen molar-refractivity contribution < 1.29 is 4.74 Å². The summed E-state index contributed by atoms with van der Waals surface area (Å²) in [5, 5.41) is 3.40. The van der Waals surface area contributed by atoms with Gasteiger partial charge in [-0.3, -0.25) is 0 Å². The summed E-state index contributed by atoms with van der Waals surface area (Å²) in [4.78, 5) is 1.35. The van der Waals surface area contributed by atoms with Gasteiger partial charge in [-0.25, -0.2) is 0 Å². The Kier molecular flexibility index (Phi) is 6.90. The van der Waals surface area contributed by atoms with Crippen LogP contribution in [0.3, 0.4) is 0 Å². The van der Waals surface area contributed by atoms with E-state index in [4.69, 9.17) is 4.74 Å². The Hall–Kier alpha value is -0.510. The van der Waals surface area contributed by atoms with E-state index in [2.05, 4.69) is 50.4 Å². The van der Waals surface area contributed by atoms with Crippen LogP contribution in [0.15, 0.2) is 29.2 Å². The summed E-state index contributed by atoms with van der Waals surface area (Å²) in [6.45, 7) is 6.46. The Bertz CT molecular complexity index is 362. The molecule has 0 amide bonds. The van der Waals surface area contributed by atoms with Crippen LogP contribution in [0.25, 0.3) is 0 Å². The number of hydrogen-bond acceptors (Lipinski definition) is 3. The van der Waals surface area contributed by atoms with Crippen LogP contribution in [0, 0.1) is 0 Å². The summed E-state index contributed by atoms with van der Waals surface area (Å²) in [5.74, 6) is 1.12. The van der Waals surface area contributed by atoms with Gasteiger partial charge in [-0.1, -0.05) is 19.1 Å². The predicted molar refractivity (Wildman–Crippen MR) is 85.0 cm³/mol. The maximum Gasteiger partial charge on any atom is 0.0623 e. The molecule has 1 rings (SSSR count). The first kappa shape index (κ1) is 16.5. The zero-order valence-electron chi connectivity index (χ0n) is 12.8. The number of nitrogens with one attached hydrogen (secondary N) is 1. The van der Waals surface area contributed by atoms with Crippen LogP contribution < -0.4 is 5.32 Å². The molecule has 0 aliphatic carbocycles. The van der Waals surface area contributed by atoms with E-state index >= 15 is 0 Å². The lowest BCUT2D eigenvalue weighted by Crippen LogP contribution is -2.25. The van der Waals surface area contributed by atoms with Gasteiger partial charge in [0.1, 0.15) is 0 Å². The Labute approximate surface area is 122 Å². The molecule has 0 radical (unpaired) electrons. The Morgan fingerprint density at radius 3 is 2.37 bits per heavy atom. The van der Waals surface area contributed by atoms with E-state index in [9.17, 15) is 0 Å². The van der Waals surface area contributed by atoms with Crippen LogP contribution in [0.4, 0.5) is 0 Å². The molecule has 0 aliphatic rings. The highest BCUT2D eigenvalue weighted by Gasteiger charge is 2.19. The highest BCUT2D eigenvalue weighted by Crippen LogP contribution is 2.26. The molecule has 0 bridgehead atoms. The number of thioether (sulfide) groups is 1. The normalized spacial score (nSPS) is 13.5. The van der Waals surface area contributed by atoms with Crippen LogP contribution in [-0.2, 0) is 4.74 Å². The van der Waals surface area contributed by atoms with Gasteiger partial charge in [0.05, 0.1) is 5.60 Å². The minimum Gasteiger partial charge on any atom is -0.379 e. The quantitative estimate of drug-likeness (QED) is 0.719. The maximum absolute atomic E-state index is 5.49. The zero-order valence-corrected chi connectivity index (χ0v) is 13.6. The van der Waals surface area contributed by atoms with E-state index in [1.165, 1.54) is 10.5 Å². The molecule has 0 aromatic heterocycles. The van der Waals surface area contributed by atoms with Crippen molar-refractivity contribution in [3.8, 4) is 0 Å². The second-order valence-corrected chi connectivity index (χ2v) is 6.68. The molecule has 1 N–H and O–H groups in total. The lowest BCUT2D eigenvalue weighted by Gasteiger charge is -2.26. The van der Waals surface area contributed by atoms with Gasteiger partial charge in [-0.2, -0.15) is 0 Å². The minimum atomic E-state index is -0.0485. The van der Waals surface area contributed by atoms with Gasteiger partial charge in [-0.05, 0) is 57.2 Å². The molecule has 1 unspecified atom stereocenters. The molecule has 0 saturated heterocycles. The fourth-order valence-corrected chi connectivity index (χ4v) is 2.70. The lowest BCUT2D eigenvalue weighted by atomic mass is 9.95. The molecule has 0 aliphatic heterocycles. The smallest absolute Gasteiger partial charge is 0.0623 e. The van der Waals surface area contributed by atoms with E-state index in [0.29, 0.717) is 6.04 Å². The Morgan fingerprint density at radius 1 is 1.26 bits per heavy atom. The lowest BCUT2D eigenvalue weighted by molar-refractivity contribution is 0.0118. The predicted octanol–water partition coefficient (Wildman–Crippen LogP) is 4.26. The summed E-state index contributed by atoms with van der Waals surface area (Å²) >= 11 is 1.88. The SMILES string of the molecule is CCSc1ccc(C(CCC(C)(C)OC)NC)cc1. The van der Waals surface area contributed by atoms with Crippen LogP contribution >= 0.6 is 11.8 Å². The van der Waals surface area contributed by atoms with Crippen molar-refractivity contribution in [2.24, 2.45) is 0 Å². The summed E-state index contributed by atoms with van der Waals surface area (Å²) in [5.41, 5.74) is 1.31. The molecule has 108 valence electrons. The van der Waals surface area contributed by atoms with Gasteiger partial charge < -0.3 is 10.1 Å². The molecular formula is C16H27NOS. The molecule has 2 nitrogen and oxygen atoms in total. The van der Waals surface area contributed by atoms with Crippen molar-refractivity contribution in [1.29, 1.82) is 0 Å². The minimum absolute atomic E-state index is 0.0485. The van der Waals surface area contributed by atoms with Gasteiger partial charge in [0, 0.05) is 18.0 Å². The van der Waals surface area contributed by atoms with Gasteiger partial charge in [0.2, 0.25) is 0 Å². The van der Waals surface area contributed by atoms with Gasteiger partial charge in [0.25, 0.3) is 0 Å². The Balaban J connectivity index is 2.64. The van der Waals surface area contributed by atoms with Crippen molar-refractivity contribution in [3.05, 3.63) is 29.8 Å². The van der Waals surface area contributed by atoms with Crippen molar-refractivity contribution in [2.75, 3.05) is 19.9 Å². The van der Waals surface area contributed by atoms with E-state index in [0.717, 1.165) is 18.6 Å². The third-order valence-electron chi connectivity index (χ3n) is 3.53. The van der Waals surface area contributed by atoms with Crippen LogP contribution in [0.5, 0.6) is 0 Å². The van der Waals surface area contributed by atoms with E-state index < -0.39 is 0 Å². The third-order valence-corrected chi connectivity index (χ3v) is 4.42. The fraction of sp³-hybridized carbons (Fsp3) is 0.625. The van der Waals surface area contributed by atoms with Crippen molar-refractivity contribution in [1.82, 2.24) is 5.32 Å². The average Bonchev–Trinajstić information content (AvgIpc) is 2.41. The number of benzene rings is 1. The van der Waals surface area contributed by atoms with Crippen LogP contribution in [0.1, 0.15) is 45.2 Å². The molecule has 0 saturated carbocycles. The first-order valence-corrected chi connectivity index (χ1v) is 7.96. The van der Waals surface area contributed by atoms with Crippen LogP contribution in [-0.4, -0.2) is 25.5 Å². The second-order valence-electron chi connectivity index (χ2n) is 5.35. The third kappa shape index (κ3) is 5.55. The molecule has 1 aromatic carbocycles. The molecule has 0 heterocycles.